The Morgan fingerprint density at radius 1 is 1.15 bits per heavy atom. The van der Waals surface area contributed by atoms with Crippen LogP contribution >= 0.6 is 0 Å². The van der Waals surface area contributed by atoms with E-state index in [2.05, 4.69) is 62.8 Å². The Kier molecular flexibility index (Phi) is 7.78. The second-order valence-electron chi connectivity index (χ2n) is 6.04. The molecule has 3 nitrogen and oxygen atoms in total. The van der Waals surface area contributed by atoms with Crippen molar-refractivity contribution in [2.45, 2.75) is 59.0 Å². The summed E-state index contributed by atoms with van der Waals surface area (Å²) in [5.74, 6) is 0.509. The largest absolute Gasteiger partial charge is 0.381 e. The average Bonchev–Trinajstić information content (AvgIpc) is 2.98. The van der Waals surface area contributed by atoms with Gasteiger partial charge in [0, 0.05) is 31.5 Å². The van der Waals surface area contributed by atoms with E-state index in [1.54, 1.807) is 0 Å². The van der Waals surface area contributed by atoms with Crippen molar-refractivity contribution in [2.75, 3.05) is 20.3 Å². The van der Waals surface area contributed by atoms with Gasteiger partial charge in [0.15, 0.2) is 0 Å². The summed E-state index contributed by atoms with van der Waals surface area (Å²) in [6.07, 6.45) is 2.56. The highest BCUT2D eigenvalue weighted by Crippen LogP contribution is 2.12. The lowest BCUT2D eigenvalue weighted by molar-refractivity contribution is 0.198. The highest BCUT2D eigenvalue weighted by Gasteiger charge is 2.06. The molecule has 3 heteroatoms. The molecule has 114 valence electrons. The first-order valence-corrected chi connectivity index (χ1v) is 7.74. The second kappa shape index (κ2) is 9.09. The van der Waals surface area contributed by atoms with E-state index in [1.165, 1.54) is 18.5 Å². The number of hydrogen-bond acceptors (Lipinski definition) is 3. The van der Waals surface area contributed by atoms with Gasteiger partial charge in [0.2, 0.25) is 0 Å². The summed E-state index contributed by atoms with van der Waals surface area (Å²) < 4.78 is 4.94. The maximum absolute atomic E-state index is 4.94. The number of hydrogen-bond donors (Lipinski definition) is 0. The van der Waals surface area contributed by atoms with Crippen LogP contribution in [0.15, 0.2) is 18.2 Å². The molecule has 0 unspecified atom stereocenters. The summed E-state index contributed by atoms with van der Waals surface area (Å²) in [6, 6.07) is 6.87. The van der Waals surface area contributed by atoms with Crippen molar-refractivity contribution < 1.29 is 4.74 Å². The SMILES string of the molecule is C1CCOC1.CC(C)c1cccc(CN(C)C(C)C)n1. The first kappa shape index (κ1) is 17.1. The average molecular weight is 278 g/mol. The Morgan fingerprint density at radius 2 is 1.80 bits per heavy atom. The molecule has 2 heterocycles. The van der Waals surface area contributed by atoms with E-state index in [0.717, 1.165) is 25.5 Å². The van der Waals surface area contributed by atoms with E-state index in [4.69, 9.17) is 4.74 Å². The van der Waals surface area contributed by atoms with Gasteiger partial charge in [-0.1, -0.05) is 19.9 Å². The molecule has 0 atom stereocenters. The summed E-state index contributed by atoms with van der Waals surface area (Å²) in [4.78, 5) is 6.95. The Hall–Kier alpha value is -0.930. The lowest BCUT2D eigenvalue weighted by atomic mass is 10.1. The van der Waals surface area contributed by atoms with Crippen molar-refractivity contribution >= 4 is 0 Å². The second-order valence-corrected chi connectivity index (χ2v) is 6.04. The minimum absolute atomic E-state index is 0.509. The third-order valence-electron chi connectivity index (χ3n) is 3.54. The number of pyridine rings is 1. The van der Waals surface area contributed by atoms with Gasteiger partial charge < -0.3 is 4.74 Å². The molecule has 0 amide bonds. The molecule has 1 aliphatic rings. The third-order valence-corrected chi connectivity index (χ3v) is 3.54. The van der Waals surface area contributed by atoms with Crippen molar-refractivity contribution in [3.8, 4) is 0 Å². The summed E-state index contributed by atoms with van der Waals surface area (Å²) in [5.41, 5.74) is 2.35. The summed E-state index contributed by atoms with van der Waals surface area (Å²) in [7, 11) is 2.13. The van der Waals surface area contributed by atoms with Crippen LogP contribution in [-0.4, -0.2) is 36.2 Å². The third kappa shape index (κ3) is 6.49. The minimum Gasteiger partial charge on any atom is -0.381 e. The van der Waals surface area contributed by atoms with Gasteiger partial charge in [-0.15, -0.1) is 0 Å². The summed E-state index contributed by atoms with van der Waals surface area (Å²) >= 11 is 0. The molecule has 0 bridgehead atoms. The van der Waals surface area contributed by atoms with Crippen LogP contribution in [0.5, 0.6) is 0 Å². The maximum Gasteiger partial charge on any atom is 0.0547 e. The van der Waals surface area contributed by atoms with Crippen LogP contribution in [0.25, 0.3) is 0 Å². The first-order valence-electron chi connectivity index (χ1n) is 7.74. The van der Waals surface area contributed by atoms with Gasteiger partial charge in [0.1, 0.15) is 0 Å². The Morgan fingerprint density at radius 3 is 2.25 bits per heavy atom. The highest BCUT2D eigenvalue weighted by atomic mass is 16.5. The fourth-order valence-electron chi connectivity index (χ4n) is 1.86. The van der Waals surface area contributed by atoms with Crippen LogP contribution in [0, 0.1) is 0 Å². The van der Waals surface area contributed by atoms with Crippen LogP contribution in [0.3, 0.4) is 0 Å². The van der Waals surface area contributed by atoms with E-state index < -0.39 is 0 Å². The van der Waals surface area contributed by atoms with Crippen LogP contribution < -0.4 is 0 Å². The number of ether oxygens (including phenoxy) is 1. The van der Waals surface area contributed by atoms with Crippen LogP contribution in [0.1, 0.15) is 57.8 Å². The topological polar surface area (TPSA) is 25.4 Å². The molecule has 1 saturated heterocycles. The summed E-state index contributed by atoms with van der Waals surface area (Å²) in [5, 5.41) is 0. The lowest BCUT2D eigenvalue weighted by Crippen LogP contribution is -2.26. The smallest absolute Gasteiger partial charge is 0.0547 e. The predicted molar refractivity (Wildman–Crippen MR) is 85.0 cm³/mol. The van der Waals surface area contributed by atoms with E-state index in [0.29, 0.717) is 12.0 Å². The van der Waals surface area contributed by atoms with Gasteiger partial charge in [-0.2, -0.15) is 0 Å². The molecule has 1 aromatic heterocycles. The van der Waals surface area contributed by atoms with Gasteiger partial charge >= 0.3 is 0 Å². The van der Waals surface area contributed by atoms with Crippen molar-refractivity contribution in [1.29, 1.82) is 0 Å². The van der Waals surface area contributed by atoms with Gasteiger partial charge in [-0.05, 0) is 51.8 Å². The molecular formula is C17H30N2O. The van der Waals surface area contributed by atoms with Gasteiger partial charge in [-0.25, -0.2) is 0 Å². The maximum atomic E-state index is 4.94. The van der Waals surface area contributed by atoms with Crippen molar-refractivity contribution in [1.82, 2.24) is 9.88 Å². The quantitative estimate of drug-likeness (QED) is 0.836. The van der Waals surface area contributed by atoms with Gasteiger partial charge in [-0.3, -0.25) is 9.88 Å². The molecule has 1 fully saturated rings. The summed E-state index contributed by atoms with van der Waals surface area (Å²) in [6.45, 7) is 11.7. The van der Waals surface area contributed by atoms with E-state index >= 15 is 0 Å². The molecule has 0 saturated carbocycles. The van der Waals surface area contributed by atoms with E-state index in [9.17, 15) is 0 Å². The molecule has 1 aromatic rings. The van der Waals surface area contributed by atoms with Gasteiger partial charge in [0.25, 0.3) is 0 Å². The predicted octanol–water partition coefficient (Wildman–Crippen LogP) is 3.84. The zero-order chi connectivity index (χ0) is 15.0. The Labute approximate surface area is 124 Å². The zero-order valence-electron chi connectivity index (χ0n) is 13.7. The fraction of sp³-hybridized carbons (Fsp3) is 0.706. The van der Waals surface area contributed by atoms with E-state index in [1.807, 2.05) is 0 Å². The monoisotopic (exact) mass is 278 g/mol. The standard InChI is InChI=1S/C13H22N2.C4H8O/c1-10(2)13-8-6-7-12(14-13)9-15(5)11(3)4;1-2-4-5-3-1/h6-8,10-11H,9H2,1-5H3;1-4H2. The Balaban J connectivity index is 0.000000333. The van der Waals surface area contributed by atoms with Crippen LogP contribution in [0.4, 0.5) is 0 Å². The molecule has 0 radical (unpaired) electrons. The number of nitrogens with zero attached hydrogens (tertiary/aromatic N) is 2. The van der Waals surface area contributed by atoms with Crippen molar-refractivity contribution in [3.05, 3.63) is 29.6 Å². The number of rotatable bonds is 4. The van der Waals surface area contributed by atoms with Crippen molar-refractivity contribution in [3.63, 3.8) is 0 Å². The highest BCUT2D eigenvalue weighted by molar-refractivity contribution is 5.13. The molecular weight excluding hydrogens is 248 g/mol. The number of aromatic nitrogens is 1. The molecule has 0 spiro atoms. The van der Waals surface area contributed by atoms with Gasteiger partial charge in [0.05, 0.1) is 5.69 Å². The van der Waals surface area contributed by atoms with Crippen LogP contribution in [-0.2, 0) is 11.3 Å². The molecule has 20 heavy (non-hydrogen) atoms. The lowest BCUT2D eigenvalue weighted by Gasteiger charge is -2.20. The minimum atomic E-state index is 0.509. The van der Waals surface area contributed by atoms with Crippen LogP contribution in [0.2, 0.25) is 0 Å². The molecule has 2 rings (SSSR count). The molecule has 0 aliphatic carbocycles. The normalized spacial score (nSPS) is 14.8. The molecule has 1 aliphatic heterocycles. The first-order chi connectivity index (χ1) is 9.50. The zero-order valence-corrected chi connectivity index (χ0v) is 13.7. The van der Waals surface area contributed by atoms with E-state index in [-0.39, 0.29) is 0 Å². The molecule has 0 aromatic carbocycles. The van der Waals surface area contributed by atoms with Crippen molar-refractivity contribution in [2.24, 2.45) is 0 Å². The molecule has 0 N–H and O–H groups in total. The fourth-order valence-corrected chi connectivity index (χ4v) is 1.86. The Bertz CT molecular complexity index is 365.